The van der Waals surface area contributed by atoms with E-state index in [2.05, 4.69) is 26.0 Å². The summed E-state index contributed by atoms with van der Waals surface area (Å²) in [6.07, 6.45) is 4.03. The van der Waals surface area contributed by atoms with Crippen LogP contribution in [0.3, 0.4) is 0 Å². The zero-order chi connectivity index (χ0) is 19.3. The van der Waals surface area contributed by atoms with Crippen LogP contribution in [-0.4, -0.2) is 28.9 Å². The first-order valence-corrected chi connectivity index (χ1v) is 8.61. The van der Waals surface area contributed by atoms with Crippen molar-refractivity contribution in [2.45, 2.75) is 39.7 Å². The summed E-state index contributed by atoms with van der Waals surface area (Å²) in [6, 6.07) is 9.74. The first-order chi connectivity index (χ1) is 12.3. The summed E-state index contributed by atoms with van der Waals surface area (Å²) in [5.41, 5.74) is 2.47. The lowest BCUT2D eigenvalue weighted by molar-refractivity contribution is -0.129. The number of carbonyl (C=O) groups is 2. The predicted octanol–water partition coefficient (Wildman–Crippen LogP) is 4.47. The van der Waals surface area contributed by atoms with Crippen molar-refractivity contribution < 1.29 is 19.1 Å². The van der Waals surface area contributed by atoms with Gasteiger partial charge in [0.2, 0.25) is 5.91 Å². The fourth-order valence-electron chi connectivity index (χ4n) is 2.60. The molecule has 5 nitrogen and oxygen atoms in total. The quantitative estimate of drug-likeness (QED) is 0.795. The summed E-state index contributed by atoms with van der Waals surface area (Å²) in [6.45, 7) is 6.14. The average Bonchev–Trinajstić information content (AvgIpc) is 2.95. The number of rotatable bonds is 7. The Hall–Kier alpha value is -2.82. The Labute approximate surface area is 153 Å². The maximum absolute atomic E-state index is 12.2. The molecule has 0 spiro atoms. The number of aryl methyl sites for hydroxylation is 1. The fourth-order valence-corrected chi connectivity index (χ4v) is 2.60. The molecule has 138 valence electrons. The van der Waals surface area contributed by atoms with Crippen LogP contribution in [0.2, 0.25) is 0 Å². The molecular weight excluding hydrogens is 330 g/mol. The van der Waals surface area contributed by atoms with E-state index in [0.29, 0.717) is 17.4 Å². The molecule has 2 aromatic rings. The number of carbonyl (C=O) groups excluding carboxylic acids is 1. The van der Waals surface area contributed by atoms with E-state index in [4.69, 9.17) is 9.52 Å². The lowest BCUT2D eigenvalue weighted by Gasteiger charge is -2.14. The molecule has 0 fully saturated rings. The summed E-state index contributed by atoms with van der Waals surface area (Å²) in [5, 5.41) is 9.04. The van der Waals surface area contributed by atoms with Gasteiger partial charge in [0.15, 0.2) is 0 Å². The lowest BCUT2D eigenvalue weighted by atomic mass is 10.0. The molecule has 1 aromatic heterocycles. The van der Waals surface area contributed by atoms with Gasteiger partial charge in [-0.2, -0.15) is 0 Å². The lowest BCUT2D eigenvalue weighted by Crippen LogP contribution is -2.25. The summed E-state index contributed by atoms with van der Waals surface area (Å²) in [7, 11) is 1.67. The molecule has 2 rings (SSSR count). The molecule has 0 unspecified atom stereocenters. The smallest absolute Gasteiger partial charge is 0.339 e. The summed E-state index contributed by atoms with van der Waals surface area (Å²) >= 11 is 0. The Balaban J connectivity index is 1.90. The van der Waals surface area contributed by atoms with Crippen molar-refractivity contribution in [3.05, 3.63) is 64.6 Å². The Bertz CT molecular complexity index is 800. The number of nitrogens with zero attached hydrogens (tertiary/aromatic N) is 1. The number of aromatic carboxylic acids is 1. The Morgan fingerprint density at radius 3 is 2.42 bits per heavy atom. The van der Waals surface area contributed by atoms with Gasteiger partial charge < -0.3 is 14.4 Å². The highest BCUT2D eigenvalue weighted by atomic mass is 16.4. The largest absolute Gasteiger partial charge is 0.478 e. The van der Waals surface area contributed by atoms with Gasteiger partial charge in [0.05, 0.1) is 6.54 Å². The van der Waals surface area contributed by atoms with Crippen LogP contribution in [-0.2, 0) is 11.3 Å². The number of furan rings is 1. The van der Waals surface area contributed by atoms with Crippen molar-refractivity contribution in [3.8, 4) is 0 Å². The molecule has 0 aliphatic heterocycles. The number of hydrogen-bond donors (Lipinski definition) is 1. The van der Waals surface area contributed by atoms with Crippen molar-refractivity contribution in [1.29, 1.82) is 0 Å². The van der Waals surface area contributed by atoms with Crippen LogP contribution in [0.5, 0.6) is 0 Å². The SMILES string of the molecule is Cc1oc(CN(C)C(=O)C/C=C/c2ccc(C(C)C)cc2)cc1C(=O)O. The molecule has 0 saturated heterocycles. The first kappa shape index (κ1) is 19.5. The van der Waals surface area contributed by atoms with Gasteiger partial charge in [-0.3, -0.25) is 4.79 Å². The van der Waals surface area contributed by atoms with Crippen molar-refractivity contribution in [3.63, 3.8) is 0 Å². The minimum atomic E-state index is -1.03. The summed E-state index contributed by atoms with van der Waals surface area (Å²) in [5.74, 6) is 0.209. The van der Waals surface area contributed by atoms with Crippen LogP contribution in [0.4, 0.5) is 0 Å². The van der Waals surface area contributed by atoms with Gasteiger partial charge in [-0.05, 0) is 30.0 Å². The second-order valence-corrected chi connectivity index (χ2v) is 6.67. The van der Waals surface area contributed by atoms with Crippen molar-refractivity contribution >= 4 is 18.0 Å². The molecule has 1 aromatic carbocycles. The van der Waals surface area contributed by atoms with Gasteiger partial charge in [0.1, 0.15) is 17.1 Å². The van der Waals surface area contributed by atoms with E-state index in [0.717, 1.165) is 5.56 Å². The number of carboxylic acid groups (broad SMARTS) is 1. The molecule has 1 N–H and O–H groups in total. The molecular formula is C21H25NO4. The Kier molecular flexibility index (Phi) is 6.39. The van der Waals surface area contributed by atoms with Gasteiger partial charge >= 0.3 is 5.97 Å². The predicted molar refractivity (Wildman–Crippen MR) is 101 cm³/mol. The minimum absolute atomic E-state index is 0.0639. The highest BCUT2D eigenvalue weighted by molar-refractivity contribution is 5.88. The van der Waals surface area contributed by atoms with E-state index in [1.807, 2.05) is 24.3 Å². The van der Waals surface area contributed by atoms with Crippen molar-refractivity contribution in [2.24, 2.45) is 0 Å². The van der Waals surface area contributed by atoms with Gasteiger partial charge in [0, 0.05) is 13.5 Å². The molecule has 0 aliphatic rings. The monoisotopic (exact) mass is 355 g/mol. The number of hydrogen-bond acceptors (Lipinski definition) is 3. The van der Waals surface area contributed by atoms with E-state index >= 15 is 0 Å². The highest BCUT2D eigenvalue weighted by Gasteiger charge is 2.16. The average molecular weight is 355 g/mol. The molecule has 0 radical (unpaired) electrons. The molecule has 1 heterocycles. The van der Waals surface area contributed by atoms with Crippen molar-refractivity contribution in [1.82, 2.24) is 4.90 Å². The van der Waals surface area contributed by atoms with Crippen LogP contribution >= 0.6 is 0 Å². The van der Waals surface area contributed by atoms with E-state index in [9.17, 15) is 9.59 Å². The number of amides is 1. The second-order valence-electron chi connectivity index (χ2n) is 6.67. The molecule has 0 aliphatic carbocycles. The standard InChI is InChI=1S/C21H25NO4/c1-14(2)17-10-8-16(9-11-17)6-5-7-20(23)22(4)13-18-12-19(21(24)25)15(3)26-18/h5-6,8-12,14H,7,13H2,1-4H3,(H,24,25)/b6-5+. The number of carboxylic acids is 1. The molecule has 0 saturated carbocycles. The van der Waals surface area contributed by atoms with Gasteiger partial charge in [-0.25, -0.2) is 4.79 Å². The maximum Gasteiger partial charge on any atom is 0.339 e. The van der Waals surface area contributed by atoms with Crippen LogP contribution in [0, 0.1) is 6.92 Å². The zero-order valence-corrected chi connectivity index (χ0v) is 15.7. The van der Waals surface area contributed by atoms with Gasteiger partial charge in [0.25, 0.3) is 0 Å². The van der Waals surface area contributed by atoms with E-state index in [-0.39, 0.29) is 24.4 Å². The van der Waals surface area contributed by atoms with Crippen LogP contribution in [0.15, 0.2) is 40.8 Å². The van der Waals surface area contributed by atoms with Crippen LogP contribution in [0.25, 0.3) is 6.08 Å². The third-order valence-electron chi connectivity index (χ3n) is 4.22. The molecule has 0 atom stereocenters. The summed E-state index contributed by atoms with van der Waals surface area (Å²) in [4.78, 5) is 24.8. The fraction of sp³-hybridized carbons (Fsp3) is 0.333. The van der Waals surface area contributed by atoms with E-state index < -0.39 is 5.97 Å². The third-order valence-corrected chi connectivity index (χ3v) is 4.22. The van der Waals surface area contributed by atoms with Gasteiger partial charge in [-0.1, -0.05) is 50.3 Å². The Morgan fingerprint density at radius 2 is 1.88 bits per heavy atom. The van der Waals surface area contributed by atoms with Crippen LogP contribution in [0.1, 0.15) is 59.2 Å². The number of benzene rings is 1. The van der Waals surface area contributed by atoms with E-state index in [1.54, 1.807) is 14.0 Å². The molecule has 0 bridgehead atoms. The summed E-state index contributed by atoms with van der Waals surface area (Å²) < 4.78 is 5.41. The first-order valence-electron chi connectivity index (χ1n) is 8.61. The maximum atomic E-state index is 12.2. The Morgan fingerprint density at radius 1 is 1.23 bits per heavy atom. The normalized spacial score (nSPS) is 11.3. The second kappa shape index (κ2) is 8.52. The zero-order valence-electron chi connectivity index (χ0n) is 15.7. The van der Waals surface area contributed by atoms with Crippen molar-refractivity contribution in [2.75, 3.05) is 7.05 Å². The third kappa shape index (κ3) is 5.09. The molecule has 5 heteroatoms. The van der Waals surface area contributed by atoms with Crippen LogP contribution < -0.4 is 0 Å². The molecule has 1 amide bonds. The highest BCUT2D eigenvalue weighted by Crippen LogP contribution is 2.17. The minimum Gasteiger partial charge on any atom is -0.478 e. The topological polar surface area (TPSA) is 70.8 Å². The van der Waals surface area contributed by atoms with E-state index in [1.165, 1.54) is 16.5 Å². The van der Waals surface area contributed by atoms with Gasteiger partial charge in [-0.15, -0.1) is 0 Å². The molecule has 26 heavy (non-hydrogen) atoms.